The predicted octanol–water partition coefficient (Wildman–Crippen LogP) is 5.03. The quantitative estimate of drug-likeness (QED) is 0.464. The number of aromatic hydroxyl groups is 1. The van der Waals surface area contributed by atoms with Crippen molar-refractivity contribution in [3.8, 4) is 5.75 Å². The van der Waals surface area contributed by atoms with Gasteiger partial charge in [-0.05, 0) is 46.5 Å². The largest absolute Gasteiger partial charge is 0.506 e. The number of hydrogen-bond donors (Lipinski definition) is 3. The van der Waals surface area contributed by atoms with Crippen LogP contribution < -0.4 is 5.73 Å². The Bertz CT molecular complexity index is 1090. The molecule has 0 bridgehead atoms. The van der Waals surface area contributed by atoms with Crippen LogP contribution in [-0.4, -0.2) is 26.7 Å². The number of halogens is 1. The summed E-state index contributed by atoms with van der Waals surface area (Å²) in [6.07, 6.45) is 2.31. The lowest BCUT2D eigenvalue weighted by molar-refractivity contribution is 0.100. The van der Waals surface area contributed by atoms with E-state index in [0.717, 1.165) is 28.3 Å². The minimum Gasteiger partial charge on any atom is -0.506 e. The van der Waals surface area contributed by atoms with Crippen LogP contribution in [0.2, 0.25) is 5.02 Å². The van der Waals surface area contributed by atoms with E-state index in [4.69, 9.17) is 27.9 Å². The maximum Gasteiger partial charge on any atom is 0.248 e. The lowest BCUT2D eigenvalue weighted by Crippen LogP contribution is -2.11. The van der Waals surface area contributed by atoms with Gasteiger partial charge < -0.3 is 16.2 Å². The normalized spacial score (nSPS) is 12.5. The molecule has 0 fully saturated rings. The molecular formula is C23H25ClN2O3S. The fourth-order valence-corrected chi connectivity index (χ4v) is 4.17. The maximum absolute atomic E-state index is 12.2. The number of nitrogens with one attached hydrogen (secondary N) is 1. The number of carbonyl (C=O) groups excluding carboxylic acids is 1. The van der Waals surface area contributed by atoms with E-state index in [2.05, 4.69) is 6.92 Å². The molecule has 3 aromatic carbocycles. The molecule has 158 valence electrons. The van der Waals surface area contributed by atoms with Gasteiger partial charge in [0.05, 0.1) is 5.02 Å². The summed E-state index contributed by atoms with van der Waals surface area (Å²) in [5.41, 5.74) is 7.26. The summed E-state index contributed by atoms with van der Waals surface area (Å²) in [4.78, 5) is 10.5. The van der Waals surface area contributed by atoms with Crippen LogP contribution in [0.15, 0.2) is 54.6 Å². The van der Waals surface area contributed by atoms with Gasteiger partial charge in [0.25, 0.3) is 0 Å². The van der Waals surface area contributed by atoms with Crippen molar-refractivity contribution in [2.75, 3.05) is 0 Å². The zero-order chi connectivity index (χ0) is 22.3. The Morgan fingerprint density at radius 3 is 2.43 bits per heavy atom. The number of amides is 1. The van der Waals surface area contributed by atoms with E-state index in [-0.39, 0.29) is 21.6 Å². The second kappa shape index (κ2) is 10.9. The predicted molar refractivity (Wildman–Crippen MR) is 125 cm³/mol. The topological polar surface area (TPSA) is 104 Å². The van der Waals surface area contributed by atoms with Crippen LogP contribution in [0.4, 0.5) is 0 Å². The number of carbonyl (C=O) groups is 1. The van der Waals surface area contributed by atoms with Gasteiger partial charge in [0.2, 0.25) is 5.91 Å². The molecule has 0 radical (unpaired) electrons. The third-order valence-electron chi connectivity index (χ3n) is 4.76. The Morgan fingerprint density at radius 1 is 1.20 bits per heavy atom. The third-order valence-corrected chi connectivity index (χ3v) is 6.89. The highest BCUT2D eigenvalue weighted by Crippen LogP contribution is 2.24. The van der Waals surface area contributed by atoms with Crippen molar-refractivity contribution >= 4 is 45.3 Å². The minimum absolute atomic E-state index is 0.0586. The molecule has 1 amide bonds. The van der Waals surface area contributed by atoms with Gasteiger partial charge in [-0.3, -0.25) is 9.00 Å². The molecule has 4 N–H and O–H groups in total. The number of primary amides is 1. The Balaban J connectivity index is 0.000000248. The highest BCUT2D eigenvalue weighted by molar-refractivity contribution is 7.84. The number of benzene rings is 3. The fraction of sp³-hybridized carbons (Fsp3) is 0.217. The molecule has 0 aliphatic heterocycles. The average molecular weight is 445 g/mol. The van der Waals surface area contributed by atoms with Gasteiger partial charge in [0, 0.05) is 33.6 Å². The summed E-state index contributed by atoms with van der Waals surface area (Å²) in [5.74, 6) is -0.0306. The number of hydrogen-bond acceptors (Lipinski definition) is 4. The molecule has 0 aromatic heterocycles. The van der Waals surface area contributed by atoms with Gasteiger partial charge in [-0.15, -0.1) is 0 Å². The number of phenols is 1. The Hall–Kier alpha value is -2.70. The lowest BCUT2D eigenvalue weighted by Gasteiger charge is -2.12. The van der Waals surface area contributed by atoms with Crippen LogP contribution in [0.1, 0.15) is 41.8 Å². The highest BCUT2D eigenvalue weighted by atomic mass is 35.5. The van der Waals surface area contributed by atoms with Crippen molar-refractivity contribution in [1.82, 2.24) is 0 Å². The summed E-state index contributed by atoms with van der Waals surface area (Å²) < 4.78 is 12.2. The van der Waals surface area contributed by atoms with Crippen molar-refractivity contribution in [2.24, 2.45) is 5.73 Å². The first kappa shape index (κ1) is 23.6. The molecule has 5 nitrogen and oxygen atoms in total. The number of rotatable bonds is 6. The first-order valence-corrected chi connectivity index (χ1v) is 11.2. The van der Waals surface area contributed by atoms with Gasteiger partial charge in [-0.25, -0.2) is 0 Å². The summed E-state index contributed by atoms with van der Waals surface area (Å²) in [6.45, 7) is 4.10. The zero-order valence-electron chi connectivity index (χ0n) is 16.9. The average Bonchev–Trinajstić information content (AvgIpc) is 2.75. The molecule has 0 saturated carbocycles. The Labute approximate surface area is 183 Å². The van der Waals surface area contributed by atoms with Crippen molar-refractivity contribution in [3.05, 3.63) is 76.3 Å². The number of phenolic OH excluding ortho intramolecular Hbond substituents is 1. The summed E-state index contributed by atoms with van der Waals surface area (Å²) >= 11 is 5.50. The standard InChI is InChI=1S/C16H19NOS.C7H6ClNO2/c1-3-12(2)19(18)11-14-9-8-13(10-17)15-6-4-5-7-16(14)15;8-5-3-4(7(9)11)1-2-6(5)10/h4-10,12,17H,3,11H2,1-2H3;1-3,10H,(H2,9,11). The van der Waals surface area contributed by atoms with Crippen LogP contribution in [0.3, 0.4) is 0 Å². The number of fused-ring (bicyclic) bond motifs is 1. The van der Waals surface area contributed by atoms with Crippen molar-refractivity contribution in [2.45, 2.75) is 31.3 Å². The zero-order valence-corrected chi connectivity index (χ0v) is 18.5. The second-order valence-corrected chi connectivity index (χ2v) is 9.04. The molecule has 3 rings (SSSR count). The van der Waals surface area contributed by atoms with Crippen LogP contribution >= 0.6 is 11.6 Å². The van der Waals surface area contributed by atoms with Crippen LogP contribution in [0.25, 0.3) is 10.8 Å². The SMILES string of the molecule is CCC(C)S(=O)Cc1ccc(C=N)c2ccccc12.NC(=O)c1ccc(O)c(Cl)c1. The molecular weight excluding hydrogens is 420 g/mol. The molecule has 0 aliphatic rings. The van der Waals surface area contributed by atoms with Crippen molar-refractivity contribution in [1.29, 1.82) is 5.41 Å². The molecule has 3 aromatic rings. The van der Waals surface area contributed by atoms with Gasteiger partial charge in [-0.2, -0.15) is 0 Å². The summed E-state index contributed by atoms with van der Waals surface area (Å²) in [6, 6.07) is 16.0. The smallest absolute Gasteiger partial charge is 0.248 e. The van der Waals surface area contributed by atoms with Gasteiger partial charge in [0.1, 0.15) is 5.75 Å². The van der Waals surface area contributed by atoms with E-state index >= 15 is 0 Å². The van der Waals surface area contributed by atoms with E-state index in [9.17, 15) is 9.00 Å². The Kier molecular flexibility index (Phi) is 8.57. The Morgan fingerprint density at radius 2 is 1.87 bits per heavy atom. The molecule has 0 saturated heterocycles. The minimum atomic E-state index is -0.837. The van der Waals surface area contributed by atoms with E-state index in [1.54, 1.807) is 0 Å². The van der Waals surface area contributed by atoms with Crippen LogP contribution in [0, 0.1) is 5.41 Å². The maximum atomic E-state index is 12.2. The lowest BCUT2D eigenvalue weighted by atomic mass is 10.0. The first-order chi connectivity index (χ1) is 14.3. The van der Waals surface area contributed by atoms with Gasteiger partial charge in [-0.1, -0.05) is 61.8 Å². The third kappa shape index (κ3) is 5.90. The number of nitrogens with two attached hydrogens (primary N) is 1. The molecule has 30 heavy (non-hydrogen) atoms. The molecule has 0 heterocycles. The molecule has 2 atom stereocenters. The molecule has 7 heteroatoms. The first-order valence-electron chi connectivity index (χ1n) is 9.45. The summed E-state index contributed by atoms with van der Waals surface area (Å²) in [5, 5.41) is 18.9. The van der Waals surface area contributed by atoms with E-state index in [1.807, 2.05) is 43.3 Å². The highest BCUT2D eigenvalue weighted by Gasteiger charge is 2.12. The van der Waals surface area contributed by atoms with E-state index in [0.29, 0.717) is 5.75 Å². The fourth-order valence-electron chi connectivity index (χ4n) is 2.78. The molecule has 0 aliphatic carbocycles. The van der Waals surface area contributed by atoms with Crippen LogP contribution in [-0.2, 0) is 16.6 Å². The second-order valence-electron chi connectivity index (χ2n) is 6.78. The summed E-state index contributed by atoms with van der Waals surface area (Å²) in [7, 11) is -0.837. The van der Waals surface area contributed by atoms with Crippen molar-refractivity contribution in [3.63, 3.8) is 0 Å². The monoisotopic (exact) mass is 444 g/mol. The molecule has 2 unspecified atom stereocenters. The van der Waals surface area contributed by atoms with Crippen LogP contribution in [0.5, 0.6) is 5.75 Å². The van der Waals surface area contributed by atoms with E-state index in [1.165, 1.54) is 24.4 Å². The van der Waals surface area contributed by atoms with Gasteiger partial charge >= 0.3 is 0 Å². The van der Waals surface area contributed by atoms with E-state index < -0.39 is 16.7 Å². The van der Waals surface area contributed by atoms with Gasteiger partial charge in [0.15, 0.2) is 0 Å². The molecule has 0 spiro atoms. The van der Waals surface area contributed by atoms with Crippen molar-refractivity contribution < 1.29 is 14.1 Å².